The van der Waals surface area contributed by atoms with Crippen molar-refractivity contribution >= 4 is 27.5 Å². The average molecular weight is 388 g/mol. The van der Waals surface area contributed by atoms with Gasteiger partial charge >= 0.3 is 0 Å². The van der Waals surface area contributed by atoms with Crippen LogP contribution in [0.1, 0.15) is 18.1 Å². The number of pyridine rings is 1. The molecule has 1 aromatic heterocycles. The number of sulfonamides is 1. The molecule has 0 saturated carbocycles. The van der Waals surface area contributed by atoms with Crippen molar-refractivity contribution in [3.63, 3.8) is 0 Å². The molecule has 0 fully saturated rings. The minimum Gasteiger partial charge on any atom is -0.351 e. The zero-order chi connectivity index (χ0) is 19.4. The van der Waals surface area contributed by atoms with Gasteiger partial charge in [-0.25, -0.2) is 13.1 Å². The van der Waals surface area contributed by atoms with Crippen LogP contribution in [0.5, 0.6) is 0 Å². The molecule has 0 radical (unpaired) electrons. The van der Waals surface area contributed by atoms with Gasteiger partial charge in [-0.1, -0.05) is 0 Å². The smallest absolute Gasteiger partial charge is 0.241 e. The van der Waals surface area contributed by atoms with Crippen LogP contribution in [0.25, 0.3) is 0 Å². The van der Waals surface area contributed by atoms with Crippen molar-refractivity contribution in [1.82, 2.24) is 15.0 Å². The number of hydrogen-bond donors (Lipinski definition) is 2. The monoisotopic (exact) mass is 388 g/mol. The van der Waals surface area contributed by atoms with Crippen molar-refractivity contribution in [2.75, 3.05) is 18.0 Å². The highest BCUT2D eigenvalue weighted by Crippen LogP contribution is 2.30. The summed E-state index contributed by atoms with van der Waals surface area (Å²) in [6.07, 6.45) is 3.83. The number of fused-ring (bicyclic) bond motifs is 1. The molecule has 27 heavy (non-hydrogen) atoms. The minimum absolute atomic E-state index is 0.0756. The van der Waals surface area contributed by atoms with E-state index in [4.69, 9.17) is 0 Å². The van der Waals surface area contributed by atoms with E-state index in [9.17, 15) is 18.0 Å². The summed E-state index contributed by atoms with van der Waals surface area (Å²) in [5.41, 5.74) is 2.40. The summed E-state index contributed by atoms with van der Waals surface area (Å²) in [5, 5.41) is 2.65. The van der Waals surface area contributed by atoms with Gasteiger partial charge in [0.1, 0.15) is 0 Å². The molecular formula is C18H20N4O4S. The number of hydrogen-bond acceptors (Lipinski definition) is 5. The Kier molecular flexibility index (Phi) is 5.52. The standard InChI is InChI=1S/C18H20N4O4S/c1-13(23)22-9-6-15-10-16(2-3-17(15)22)27(25,26)21-12-18(24)20-11-14-4-7-19-8-5-14/h2-5,7-8,10,21H,6,9,11-12H2,1H3,(H,20,24). The summed E-state index contributed by atoms with van der Waals surface area (Å²) in [4.78, 5) is 29.1. The van der Waals surface area contributed by atoms with E-state index >= 15 is 0 Å². The van der Waals surface area contributed by atoms with Crippen molar-refractivity contribution in [3.05, 3.63) is 53.9 Å². The van der Waals surface area contributed by atoms with Crippen LogP contribution in [-0.2, 0) is 32.6 Å². The lowest BCUT2D eigenvalue weighted by Crippen LogP contribution is -2.36. The van der Waals surface area contributed by atoms with Crippen molar-refractivity contribution in [2.24, 2.45) is 0 Å². The Morgan fingerprint density at radius 2 is 1.93 bits per heavy atom. The zero-order valence-corrected chi connectivity index (χ0v) is 15.6. The summed E-state index contributed by atoms with van der Waals surface area (Å²) in [5.74, 6) is -0.507. The van der Waals surface area contributed by atoms with Crippen LogP contribution in [0, 0.1) is 0 Å². The number of carbonyl (C=O) groups is 2. The molecule has 3 rings (SSSR count). The number of nitrogens with zero attached hydrogens (tertiary/aromatic N) is 2. The first-order chi connectivity index (χ1) is 12.9. The van der Waals surface area contributed by atoms with Gasteiger partial charge in [0.15, 0.2) is 0 Å². The van der Waals surface area contributed by atoms with Crippen molar-refractivity contribution in [1.29, 1.82) is 0 Å². The molecule has 0 spiro atoms. The quantitative estimate of drug-likeness (QED) is 0.753. The van der Waals surface area contributed by atoms with E-state index in [0.29, 0.717) is 19.5 Å². The molecular weight excluding hydrogens is 368 g/mol. The van der Waals surface area contributed by atoms with E-state index in [-0.39, 0.29) is 17.3 Å². The maximum absolute atomic E-state index is 12.4. The van der Waals surface area contributed by atoms with Gasteiger partial charge in [0.25, 0.3) is 0 Å². The van der Waals surface area contributed by atoms with Gasteiger partial charge in [-0.15, -0.1) is 0 Å². The first-order valence-corrected chi connectivity index (χ1v) is 9.91. The highest BCUT2D eigenvalue weighted by atomic mass is 32.2. The third-order valence-electron chi connectivity index (χ3n) is 4.30. The summed E-state index contributed by atoms with van der Waals surface area (Å²) < 4.78 is 27.2. The average Bonchev–Trinajstić information content (AvgIpc) is 3.09. The van der Waals surface area contributed by atoms with Crippen LogP contribution in [-0.4, -0.2) is 38.3 Å². The number of rotatable bonds is 6. The molecule has 0 aliphatic carbocycles. The zero-order valence-electron chi connectivity index (χ0n) is 14.8. The second-order valence-corrected chi connectivity index (χ2v) is 7.93. The van der Waals surface area contributed by atoms with Crippen LogP contribution in [0.4, 0.5) is 5.69 Å². The Hall–Kier alpha value is -2.78. The topological polar surface area (TPSA) is 108 Å². The summed E-state index contributed by atoms with van der Waals surface area (Å²) in [6, 6.07) is 8.15. The van der Waals surface area contributed by atoms with Crippen LogP contribution >= 0.6 is 0 Å². The lowest BCUT2D eigenvalue weighted by Gasteiger charge is -2.15. The van der Waals surface area contributed by atoms with E-state index in [0.717, 1.165) is 16.8 Å². The predicted octanol–water partition coefficient (Wildman–Crippen LogP) is 0.585. The fourth-order valence-electron chi connectivity index (χ4n) is 2.88. The lowest BCUT2D eigenvalue weighted by molar-refractivity contribution is -0.120. The van der Waals surface area contributed by atoms with E-state index in [1.807, 2.05) is 0 Å². The van der Waals surface area contributed by atoms with Crippen molar-refractivity contribution in [2.45, 2.75) is 24.8 Å². The molecule has 2 N–H and O–H groups in total. The highest BCUT2D eigenvalue weighted by molar-refractivity contribution is 7.89. The predicted molar refractivity (Wildman–Crippen MR) is 99.4 cm³/mol. The van der Waals surface area contributed by atoms with Gasteiger partial charge in [-0.2, -0.15) is 0 Å². The van der Waals surface area contributed by atoms with E-state index in [1.54, 1.807) is 41.6 Å². The molecule has 1 aromatic carbocycles. The van der Waals surface area contributed by atoms with Gasteiger partial charge < -0.3 is 10.2 Å². The molecule has 0 atom stereocenters. The lowest BCUT2D eigenvalue weighted by atomic mass is 10.2. The Labute approximate surface area is 157 Å². The van der Waals surface area contributed by atoms with Crippen LogP contribution < -0.4 is 14.9 Å². The maximum atomic E-state index is 12.4. The number of benzene rings is 1. The Balaban J connectivity index is 1.60. The van der Waals surface area contributed by atoms with E-state index in [2.05, 4.69) is 15.0 Å². The number of carbonyl (C=O) groups excluding carboxylic acids is 2. The van der Waals surface area contributed by atoms with Gasteiger partial charge in [0.2, 0.25) is 21.8 Å². The van der Waals surface area contributed by atoms with Crippen LogP contribution in [0.3, 0.4) is 0 Å². The molecule has 0 saturated heterocycles. The Morgan fingerprint density at radius 3 is 2.63 bits per heavy atom. The van der Waals surface area contributed by atoms with Crippen LogP contribution in [0.15, 0.2) is 47.6 Å². The second-order valence-electron chi connectivity index (χ2n) is 6.17. The SMILES string of the molecule is CC(=O)N1CCc2cc(S(=O)(=O)NCC(=O)NCc3ccncc3)ccc21. The molecule has 2 amide bonds. The Morgan fingerprint density at radius 1 is 1.19 bits per heavy atom. The largest absolute Gasteiger partial charge is 0.351 e. The number of amides is 2. The molecule has 8 nitrogen and oxygen atoms in total. The highest BCUT2D eigenvalue weighted by Gasteiger charge is 2.25. The number of anilines is 1. The molecule has 1 aliphatic heterocycles. The summed E-state index contributed by atoms with van der Waals surface area (Å²) in [6.45, 7) is 1.96. The number of aromatic nitrogens is 1. The second kappa shape index (κ2) is 7.85. The molecule has 2 heterocycles. The first-order valence-electron chi connectivity index (χ1n) is 8.43. The van der Waals surface area contributed by atoms with Gasteiger partial charge in [0, 0.05) is 38.1 Å². The van der Waals surface area contributed by atoms with Crippen LogP contribution in [0.2, 0.25) is 0 Å². The fourth-order valence-corrected chi connectivity index (χ4v) is 3.91. The molecule has 142 valence electrons. The van der Waals surface area contributed by atoms with E-state index in [1.165, 1.54) is 13.0 Å². The molecule has 0 unspecified atom stereocenters. The summed E-state index contributed by atoms with van der Waals surface area (Å²) in [7, 11) is -3.82. The van der Waals surface area contributed by atoms with Crippen molar-refractivity contribution in [3.8, 4) is 0 Å². The first kappa shape index (κ1) is 19.0. The third kappa shape index (κ3) is 4.50. The van der Waals surface area contributed by atoms with Gasteiger partial charge in [-0.05, 0) is 47.9 Å². The maximum Gasteiger partial charge on any atom is 0.241 e. The molecule has 1 aliphatic rings. The van der Waals surface area contributed by atoms with Crippen molar-refractivity contribution < 1.29 is 18.0 Å². The Bertz CT molecular complexity index is 961. The third-order valence-corrected chi connectivity index (χ3v) is 5.70. The normalized spacial score (nSPS) is 13.3. The van der Waals surface area contributed by atoms with Gasteiger partial charge in [0.05, 0.1) is 11.4 Å². The number of nitrogens with one attached hydrogen (secondary N) is 2. The summed E-state index contributed by atoms with van der Waals surface area (Å²) >= 11 is 0. The van der Waals surface area contributed by atoms with E-state index < -0.39 is 15.9 Å². The molecule has 9 heteroatoms. The molecule has 0 bridgehead atoms. The molecule has 2 aromatic rings. The minimum atomic E-state index is -3.82. The fraction of sp³-hybridized carbons (Fsp3) is 0.278. The van der Waals surface area contributed by atoms with Gasteiger partial charge in [-0.3, -0.25) is 14.6 Å².